The van der Waals surface area contributed by atoms with E-state index in [-0.39, 0.29) is 5.41 Å². The number of hydrogen-bond acceptors (Lipinski definition) is 1. The van der Waals surface area contributed by atoms with Crippen molar-refractivity contribution in [2.45, 2.75) is 43.9 Å². The van der Waals surface area contributed by atoms with Crippen LogP contribution in [-0.4, -0.2) is 5.78 Å². The van der Waals surface area contributed by atoms with Crippen LogP contribution in [0.4, 0.5) is 0 Å². The topological polar surface area (TPSA) is 17.1 Å². The first kappa shape index (κ1) is 12.8. The van der Waals surface area contributed by atoms with Crippen LogP contribution in [0.15, 0.2) is 48.5 Å². The lowest BCUT2D eigenvalue weighted by atomic mass is 9.87. The summed E-state index contributed by atoms with van der Waals surface area (Å²) < 4.78 is 0. The molecule has 2 aliphatic carbocycles. The fourth-order valence-corrected chi connectivity index (χ4v) is 3.70. The predicted molar refractivity (Wildman–Crippen MR) is 84.5 cm³/mol. The molecule has 0 aromatic heterocycles. The van der Waals surface area contributed by atoms with Crippen LogP contribution in [0.3, 0.4) is 0 Å². The van der Waals surface area contributed by atoms with Gasteiger partial charge in [0.2, 0.25) is 0 Å². The molecule has 0 saturated heterocycles. The van der Waals surface area contributed by atoms with E-state index in [9.17, 15) is 4.79 Å². The Kier molecular flexibility index (Phi) is 2.95. The SMILES string of the molecule is O=C(Cc1ccc2c(c1)CCC2)C1(c2ccccc2)CC1. The third kappa shape index (κ3) is 2.21. The standard InChI is InChI=1S/C20H20O/c21-19(20(11-12-20)18-7-2-1-3-8-18)14-15-9-10-16-5-4-6-17(16)13-15/h1-3,7-10,13H,4-6,11-12,14H2. The van der Waals surface area contributed by atoms with Crippen molar-refractivity contribution in [3.63, 3.8) is 0 Å². The van der Waals surface area contributed by atoms with Crippen molar-refractivity contribution in [1.82, 2.24) is 0 Å². The minimum Gasteiger partial charge on any atom is -0.298 e. The van der Waals surface area contributed by atoms with Gasteiger partial charge in [-0.15, -0.1) is 0 Å². The molecule has 1 fully saturated rings. The highest BCUT2D eigenvalue weighted by molar-refractivity contribution is 5.94. The van der Waals surface area contributed by atoms with Gasteiger partial charge in [0.1, 0.15) is 5.78 Å². The Bertz CT molecular complexity index is 680. The zero-order chi connectivity index (χ0) is 14.3. The molecule has 106 valence electrons. The highest BCUT2D eigenvalue weighted by Crippen LogP contribution is 2.49. The van der Waals surface area contributed by atoms with Crippen LogP contribution >= 0.6 is 0 Å². The summed E-state index contributed by atoms with van der Waals surface area (Å²) in [4.78, 5) is 12.8. The lowest BCUT2D eigenvalue weighted by molar-refractivity contribution is -0.120. The second-order valence-corrected chi connectivity index (χ2v) is 6.50. The van der Waals surface area contributed by atoms with Gasteiger partial charge in [0.25, 0.3) is 0 Å². The van der Waals surface area contributed by atoms with Crippen molar-refractivity contribution in [2.75, 3.05) is 0 Å². The van der Waals surface area contributed by atoms with Crippen LogP contribution in [0.2, 0.25) is 0 Å². The molecule has 0 spiro atoms. The summed E-state index contributed by atoms with van der Waals surface area (Å²) in [5.74, 6) is 0.395. The molecule has 21 heavy (non-hydrogen) atoms. The van der Waals surface area contributed by atoms with E-state index in [4.69, 9.17) is 0 Å². The molecule has 1 nitrogen and oxygen atoms in total. The van der Waals surface area contributed by atoms with Gasteiger partial charge < -0.3 is 0 Å². The van der Waals surface area contributed by atoms with E-state index in [0.29, 0.717) is 12.2 Å². The molecule has 1 saturated carbocycles. The quantitative estimate of drug-likeness (QED) is 0.824. The van der Waals surface area contributed by atoms with E-state index in [1.165, 1.54) is 41.5 Å². The molecule has 0 heterocycles. The van der Waals surface area contributed by atoms with Gasteiger partial charge in [-0.1, -0.05) is 48.5 Å². The number of benzene rings is 2. The first-order chi connectivity index (χ1) is 10.3. The number of rotatable bonds is 4. The minimum atomic E-state index is -0.180. The Morgan fingerprint density at radius 2 is 1.71 bits per heavy atom. The van der Waals surface area contributed by atoms with E-state index in [1.54, 1.807) is 0 Å². The molecule has 0 amide bonds. The average molecular weight is 276 g/mol. The second-order valence-electron chi connectivity index (χ2n) is 6.50. The Morgan fingerprint density at radius 3 is 2.48 bits per heavy atom. The fourth-order valence-electron chi connectivity index (χ4n) is 3.70. The number of aryl methyl sites for hydroxylation is 2. The molecule has 0 aliphatic heterocycles. The van der Waals surface area contributed by atoms with Crippen LogP contribution in [0.5, 0.6) is 0 Å². The van der Waals surface area contributed by atoms with Gasteiger partial charge in [-0.2, -0.15) is 0 Å². The van der Waals surface area contributed by atoms with Crippen molar-refractivity contribution in [3.05, 3.63) is 70.8 Å². The largest absolute Gasteiger partial charge is 0.298 e. The van der Waals surface area contributed by atoms with Gasteiger partial charge in [0.05, 0.1) is 5.41 Å². The van der Waals surface area contributed by atoms with E-state index in [2.05, 4.69) is 30.3 Å². The van der Waals surface area contributed by atoms with Gasteiger partial charge >= 0.3 is 0 Å². The van der Waals surface area contributed by atoms with Crippen molar-refractivity contribution in [1.29, 1.82) is 0 Å². The molecular formula is C20H20O. The number of carbonyl (C=O) groups is 1. The normalized spacial score (nSPS) is 18.3. The maximum absolute atomic E-state index is 12.8. The highest BCUT2D eigenvalue weighted by Gasteiger charge is 2.50. The maximum Gasteiger partial charge on any atom is 0.147 e. The molecule has 0 radical (unpaired) electrons. The Morgan fingerprint density at radius 1 is 0.952 bits per heavy atom. The summed E-state index contributed by atoms with van der Waals surface area (Å²) in [5, 5.41) is 0. The lowest BCUT2D eigenvalue weighted by Gasteiger charge is -2.15. The summed E-state index contributed by atoms with van der Waals surface area (Å²) in [6.45, 7) is 0. The van der Waals surface area contributed by atoms with Crippen LogP contribution in [0, 0.1) is 0 Å². The molecule has 0 unspecified atom stereocenters. The van der Waals surface area contributed by atoms with Crippen LogP contribution in [-0.2, 0) is 29.5 Å². The molecule has 2 aromatic rings. The smallest absolute Gasteiger partial charge is 0.147 e. The van der Waals surface area contributed by atoms with Gasteiger partial charge in [-0.05, 0) is 54.4 Å². The molecular weight excluding hydrogens is 256 g/mol. The van der Waals surface area contributed by atoms with Crippen molar-refractivity contribution in [3.8, 4) is 0 Å². The number of fused-ring (bicyclic) bond motifs is 1. The number of hydrogen-bond donors (Lipinski definition) is 0. The van der Waals surface area contributed by atoms with Crippen molar-refractivity contribution < 1.29 is 4.79 Å². The maximum atomic E-state index is 12.8. The van der Waals surface area contributed by atoms with Crippen molar-refractivity contribution >= 4 is 5.78 Å². The fraction of sp³-hybridized carbons (Fsp3) is 0.350. The van der Waals surface area contributed by atoms with E-state index in [0.717, 1.165) is 12.8 Å². The second kappa shape index (κ2) is 4.84. The first-order valence-corrected chi connectivity index (χ1v) is 7.97. The summed E-state index contributed by atoms with van der Waals surface area (Å²) in [5.41, 5.74) is 5.17. The zero-order valence-corrected chi connectivity index (χ0v) is 12.3. The molecule has 0 bridgehead atoms. The molecule has 0 atom stereocenters. The third-order valence-electron chi connectivity index (χ3n) is 5.14. The van der Waals surface area contributed by atoms with Gasteiger partial charge in [-0.25, -0.2) is 0 Å². The highest BCUT2D eigenvalue weighted by atomic mass is 16.1. The number of carbonyl (C=O) groups excluding carboxylic acids is 1. The molecule has 0 N–H and O–H groups in total. The molecule has 2 aliphatic rings. The average Bonchev–Trinajstić information content (AvgIpc) is 3.21. The van der Waals surface area contributed by atoms with Gasteiger partial charge in [0, 0.05) is 6.42 Å². The van der Waals surface area contributed by atoms with E-state index < -0.39 is 0 Å². The lowest BCUT2D eigenvalue weighted by Crippen LogP contribution is -2.22. The number of Topliss-reactive ketones (excluding diaryl/α,β-unsaturated/α-hetero) is 1. The third-order valence-corrected chi connectivity index (χ3v) is 5.14. The van der Waals surface area contributed by atoms with Gasteiger partial charge in [-0.3, -0.25) is 4.79 Å². The van der Waals surface area contributed by atoms with Crippen LogP contribution in [0.1, 0.15) is 41.5 Å². The first-order valence-electron chi connectivity index (χ1n) is 7.97. The van der Waals surface area contributed by atoms with E-state index >= 15 is 0 Å². The molecule has 2 aromatic carbocycles. The number of ketones is 1. The summed E-state index contributed by atoms with van der Waals surface area (Å²) in [6.07, 6.45) is 6.27. The summed E-state index contributed by atoms with van der Waals surface area (Å²) in [7, 11) is 0. The summed E-state index contributed by atoms with van der Waals surface area (Å²) in [6, 6.07) is 17.0. The Hall–Kier alpha value is -1.89. The minimum absolute atomic E-state index is 0.180. The Balaban J connectivity index is 1.56. The van der Waals surface area contributed by atoms with E-state index in [1.807, 2.05) is 18.2 Å². The molecule has 4 rings (SSSR count). The van der Waals surface area contributed by atoms with Crippen LogP contribution < -0.4 is 0 Å². The zero-order valence-electron chi connectivity index (χ0n) is 12.3. The molecule has 1 heteroatoms. The van der Waals surface area contributed by atoms with Gasteiger partial charge in [0.15, 0.2) is 0 Å². The summed E-state index contributed by atoms with van der Waals surface area (Å²) >= 11 is 0. The monoisotopic (exact) mass is 276 g/mol. The predicted octanol–water partition coefficient (Wildman–Crippen LogP) is 4.02. The van der Waals surface area contributed by atoms with Crippen molar-refractivity contribution in [2.24, 2.45) is 0 Å². The Labute approximate surface area is 126 Å². The van der Waals surface area contributed by atoms with Crippen LogP contribution in [0.25, 0.3) is 0 Å².